The molecule has 1 atom stereocenters. The maximum Gasteiger partial charge on any atom is 0.307 e. The van der Waals surface area contributed by atoms with Crippen molar-refractivity contribution < 1.29 is 23.4 Å². The van der Waals surface area contributed by atoms with Crippen LogP contribution in [-0.2, 0) is 16.0 Å². The predicted molar refractivity (Wildman–Crippen MR) is 107 cm³/mol. The molecule has 1 heterocycles. The molecule has 0 radical (unpaired) electrons. The van der Waals surface area contributed by atoms with Crippen LogP contribution in [-0.4, -0.2) is 42.2 Å². The Hall–Kier alpha value is -2.73. The van der Waals surface area contributed by atoms with Gasteiger partial charge in [-0.15, -0.1) is 0 Å². The highest BCUT2D eigenvalue weighted by Crippen LogP contribution is 2.20. The quantitative estimate of drug-likeness (QED) is 0.528. The average molecular weight is 401 g/mol. The lowest BCUT2D eigenvalue weighted by atomic mass is 9.98. The van der Waals surface area contributed by atoms with Crippen LogP contribution in [0.25, 0.3) is 6.08 Å². The summed E-state index contributed by atoms with van der Waals surface area (Å²) in [6, 6.07) is 11.0. The van der Waals surface area contributed by atoms with Gasteiger partial charge in [-0.25, -0.2) is 8.78 Å². The molecule has 0 aliphatic carbocycles. The number of piperidine rings is 1. The fourth-order valence-electron chi connectivity index (χ4n) is 3.56. The molecule has 1 aliphatic rings. The van der Waals surface area contributed by atoms with Gasteiger partial charge in [-0.05, 0) is 60.4 Å². The smallest absolute Gasteiger partial charge is 0.307 e. The van der Waals surface area contributed by atoms with Crippen LogP contribution < -0.4 is 0 Å². The van der Waals surface area contributed by atoms with Gasteiger partial charge in [0.25, 0.3) is 0 Å². The number of carbonyl (C=O) groups is 1. The first-order valence-corrected chi connectivity index (χ1v) is 9.78. The van der Waals surface area contributed by atoms with Crippen molar-refractivity contribution in [3.8, 4) is 0 Å². The third-order valence-electron chi connectivity index (χ3n) is 5.17. The second-order valence-electron chi connectivity index (χ2n) is 7.26. The van der Waals surface area contributed by atoms with Crippen LogP contribution in [0, 0.1) is 17.6 Å². The van der Waals surface area contributed by atoms with Gasteiger partial charge in [0.15, 0.2) is 0 Å². The Morgan fingerprint density at radius 2 is 2.03 bits per heavy atom. The number of ether oxygens (including phenoxy) is 1. The van der Waals surface area contributed by atoms with Gasteiger partial charge in [0.2, 0.25) is 0 Å². The molecule has 1 saturated heterocycles. The first-order chi connectivity index (χ1) is 14.0. The minimum absolute atomic E-state index is 0.288. The second kappa shape index (κ2) is 10.2. The SMILES string of the molecule is O=C(O)C1CCCN(CCO/C=C\c2cc(F)ccc2Cc2ccccc2F)C1. The minimum Gasteiger partial charge on any atom is -0.500 e. The van der Waals surface area contributed by atoms with E-state index in [0.717, 1.165) is 24.9 Å². The summed E-state index contributed by atoms with van der Waals surface area (Å²) in [5.41, 5.74) is 1.99. The Morgan fingerprint density at radius 3 is 2.83 bits per heavy atom. The molecule has 2 aromatic carbocycles. The summed E-state index contributed by atoms with van der Waals surface area (Å²) in [5.74, 6) is -1.71. The number of hydrogen-bond donors (Lipinski definition) is 1. The fourth-order valence-corrected chi connectivity index (χ4v) is 3.56. The standard InChI is InChI=1S/C23H25F2NO3/c24-21-8-7-17(14-19-4-1-2-6-22(19)25)18(15-21)9-12-29-13-11-26-10-3-5-20(16-26)23(27)28/h1-2,4,6-9,12,15,20H,3,5,10-11,13-14,16H2,(H,27,28)/b12-9-. The molecule has 4 nitrogen and oxygen atoms in total. The minimum atomic E-state index is -0.746. The van der Waals surface area contributed by atoms with E-state index in [1.807, 2.05) is 0 Å². The number of aliphatic carboxylic acids is 1. The molecule has 0 aromatic heterocycles. The zero-order chi connectivity index (χ0) is 20.6. The third-order valence-corrected chi connectivity index (χ3v) is 5.17. The van der Waals surface area contributed by atoms with E-state index in [-0.39, 0.29) is 17.6 Å². The number of carboxylic acids is 1. The molecule has 2 aromatic rings. The van der Waals surface area contributed by atoms with Crippen LogP contribution >= 0.6 is 0 Å². The van der Waals surface area contributed by atoms with Gasteiger partial charge >= 0.3 is 5.97 Å². The van der Waals surface area contributed by atoms with Crippen molar-refractivity contribution in [3.63, 3.8) is 0 Å². The number of rotatable bonds is 8. The Morgan fingerprint density at radius 1 is 1.21 bits per heavy atom. The number of halogens is 2. The summed E-state index contributed by atoms with van der Waals surface area (Å²) in [5, 5.41) is 9.14. The molecular formula is C23H25F2NO3. The van der Waals surface area contributed by atoms with Gasteiger partial charge in [0, 0.05) is 19.5 Å². The van der Waals surface area contributed by atoms with Crippen molar-refractivity contribution in [2.75, 3.05) is 26.2 Å². The molecular weight excluding hydrogens is 376 g/mol. The van der Waals surface area contributed by atoms with E-state index >= 15 is 0 Å². The average Bonchev–Trinajstić information content (AvgIpc) is 2.71. The Labute approximate surface area is 169 Å². The number of hydrogen-bond acceptors (Lipinski definition) is 3. The second-order valence-corrected chi connectivity index (χ2v) is 7.26. The van der Waals surface area contributed by atoms with Crippen molar-refractivity contribution in [1.29, 1.82) is 0 Å². The number of carboxylic acid groups (broad SMARTS) is 1. The van der Waals surface area contributed by atoms with Crippen LogP contribution in [0.5, 0.6) is 0 Å². The van der Waals surface area contributed by atoms with Gasteiger partial charge in [-0.3, -0.25) is 9.69 Å². The van der Waals surface area contributed by atoms with Crippen molar-refractivity contribution in [2.24, 2.45) is 5.92 Å². The largest absolute Gasteiger partial charge is 0.500 e. The van der Waals surface area contributed by atoms with Crippen LogP contribution in [0.3, 0.4) is 0 Å². The summed E-state index contributed by atoms with van der Waals surface area (Å²) in [6.07, 6.45) is 5.14. The zero-order valence-electron chi connectivity index (χ0n) is 16.2. The van der Waals surface area contributed by atoms with Crippen molar-refractivity contribution in [1.82, 2.24) is 4.90 Å². The zero-order valence-corrected chi connectivity index (χ0v) is 16.2. The van der Waals surface area contributed by atoms with Gasteiger partial charge in [0.05, 0.1) is 18.8 Å². The molecule has 1 N–H and O–H groups in total. The Kier molecular flexibility index (Phi) is 7.36. The maximum absolute atomic E-state index is 13.9. The van der Waals surface area contributed by atoms with E-state index in [2.05, 4.69) is 4.90 Å². The van der Waals surface area contributed by atoms with Gasteiger partial charge in [0.1, 0.15) is 11.6 Å². The van der Waals surface area contributed by atoms with E-state index in [9.17, 15) is 13.6 Å². The van der Waals surface area contributed by atoms with Gasteiger partial charge in [-0.1, -0.05) is 24.3 Å². The lowest BCUT2D eigenvalue weighted by molar-refractivity contribution is -0.143. The number of nitrogens with zero attached hydrogens (tertiary/aromatic N) is 1. The Balaban J connectivity index is 1.55. The van der Waals surface area contributed by atoms with Gasteiger partial charge in [-0.2, -0.15) is 0 Å². The fraction of sp³-hybridized carbons (Fsp3) is 0.348. The van der Waals surface area contributed by atoms with Crippen molar-refractivity contribution >= 4 is 12.0 Å². The summed E-state index contributed by atoms with van der Waals surface area (Å²) in [4.78, 5) is 13.2. The summed E-state index contributed by atoms with van der Waals surface area (Å²) in [6.45, 7) is 2.47. The lowest BCUT2D eigenvalue weighted by Crippen LogP contribution is -2.40. The van der Waals surface area contributed by atoms with E-state index < -0.39 is 5.97 Å². The van der Waals surface area contributed by atoms with Crippen LogP contribution in [0.2, 0.25) is 0 Å². The summed E-state index contributed by atoms with van der Waals surface area (Å²) < 4.78 is 33.2. The van der Waals surface area contributed by atoms with Crippen LogP contribution in [0.4, 0.5) is 8.78 Å². The van der Waals surface area contributed by atoms with Crippen LogP contribution in [0.15, 0.2) is 48.7 Å². The number of benzene rings is 2. The molecule has 0 bridgehead atoms. The molecule has 6 heteroatoms. The van der Waals surface area contributed by atoms with Crippen molar-refractivity contribution in [2.45, 2.75) is 19.3 Å². The summed E-state index contributed by atoms with van der Waals surface area (Å²) in [7, 11) is 0. The normalized spacial score (nSPS) is 17.5. The van der Waals surface area contributed by atoms with E-state index in [0.29, 0.717) is 37.2 Å². The molecule has 0 amide bonds. The number of likely N-dealkylation sites (tertiary alicyclic amines) is 1. The molecule has 1 fully saturated rings. The first kappa shape index (κ1) is 21.0. The predicted octanol–water partition coefficient (Wildman–Crippen LogP) is 4.34. The van der Waals surface area contributed by atoms with E-state index in [4.69, 9.17) is 9.84 Å². The Bertz CT molecular complexity index is 869. The third kappa shape index (κ3) is 6.12. The van der Waals surface area contributed by atoms with Crippen molar-refractivity contribution in [3.05, 3.63) is 77.1 Å². The molecule has 0 saturated carbocycles. The summed E-state index contributed by atoms with van der Waals surface area (Å²) >= 11 is 0. The first-order valence-electron chi connectivity index (χ1n) is 9.78. The monoisotopic (exact) mass is 401 g/mol. The highest BCUT2D eigenvalue weighted by molar-refractivity contribution is 5.70. The molecule has 1 unspecified atom stereocenters. The van der Waals surface area contributed by atoms with E-state index in [1.165, 1.54) is 24.5 Å². The highest BCUT2D eigenvalue weighted by Gasteiger charge is 2.24. The highest BCUT2D eigenvalue weighted by atomic mass is 19.1. The molecule has 154 valence electrons. The topological polar surface area (TPSA) is 49.8 Å². The lowest BCUT2D eigenvalue weighted by Gasteiger charge is -2.30. The molecule has 1 aliphatic heterocycles. The van der Waals surface area contributed by atoms with Gasteiger partial charge < -0.3 is 9.84 Å². The van der Waals surface area contributed by atoms with E-state index in [1.54, 1.807) is 30.3 Å². The molecule has 0 spiro atoms. The molecule has 29 heavy (non-hydrogen) atoms. The molecule has 3 rings (SSSR count). The maximum atomic E-state index is 13.9. The van der Waals surface area contributed by atoms with Crippen LogP contribution in [0.1, 0.15) is 29.5 Å².